The first-order chi connectivity index (χ1) is 11.7. The maximum Gasteiger partial charge on any atom is 0.255 e. The van der Waals surface area contributed by atoms with E-state index in [0.717, 1.165) is 0 Å². The number of benzene rings is 2. The molecule has 1 amide bonds. The average Bonchev–Trinajstić information content (AvgIpc) is 2.65. The smallest absolute Gasteiger partial charge is 0.255 e. The molecule has 1 N–H and O–H groups in total. The standard InChI is InChI=1S/C20H16N2O2/c23-19(16-7-3-1-4-8-16)15-22-13-11-18(12-14-22)21-20(24)17-9-5-2-6-10-17/h1-14H,15H2/p+1. The van der Waals surface area contributed by atoms with Crippen molar-refractivity contribution in [3.05, 3.63) is 96.3 Å². The van der Waals surface area contributed by atoms with Crippen molar-refractivity contribution in [3.8, 4) is 0 Å². The van der Waals surface area contributed by atoms with Gasteiger partial charge in [0, 0.05) is 23.3 Å². The summed E-state index contributed by atoms with van der Waals surface area (Å²) in [6, 6.07) is 21.8. The zero-order valence-corrected chi connectivity index (χ0v) is 13.1. The normalized spacial score (nSPS) is 10.2. The third kappa shape index (κ3) is 3.93. The van der Waals surface area contributed by atoms with Crippen molar-refractivity contribution in [2.24, 2.45) is 0 Å². The molecule has 3 rings (SSSR count). The lowest BCUT2D eigenvalue weighted by Gasteiger charge is -2.04. The minimum absolute atomic E-state index is 0.0432. The molecule has 4 heteroatoms. The van der Waals surface area contributed by atoms with Gasteiger partial charge in [0.05, 0.1) is 5.69 Å². The quantitative estimate of drug-likeness (QED) is 0.581. The zero-order chi connectivity index (χ0) is 16.8. The van der Waals surface area contributed by atoms with E-state index in [1.54, 1.807) is 53.4 Å². The number of hydrogen-bond donors (Lipinski definition) is 1. The third-order valence-corrected chi connectivity index (χ3v) is 3.61. The number of amides is 1. The topological polar surface area (TPSA) is 50.0 Å². The number of pyridine rings is 1. The van der Waals surface area contributed by atoms with Gasteiger partial charge in [0.1, 0.15) is 0 Å². The summed E-state index contributed by atoms with van der Waals surface area (Å²) in [6.07, 6.45) is 3.56. The number of carbonyl (C=O) groups is 2. The Labute approximate surface area is 140 Å². The second kappa shape index (κ2) is 7.33. The fourth-order valence-electron chi connectivity index (χ4n) is 2.32. The molecule has 0 aliphatic carbocycles. The molecule has 0 unspecified atom stereocenters. The van der Waals surface area contributed by atoms with Crippen molar-refractivity contribution in [2.45, 2.75) is 6.54 Å². The molecule has 2 aromatic carbocycles. The van der Waals surface area contributed by atoms with Gasteiger partial charge in [-0.05, 0) is 12.1 Å². The molecule has 0 radical (unpaired) electrons. The minimum atomic E-state index is -0.159. The monoisotopic (exact) mass is 317 g/mol. The molecule has 0 fully saturated rings. The van der Waals surface area contributed by atoms with Crippen LogP contribution < -0.4 is 9.88 Å². The van der Waals surface area contributed by atoms with E-state index in [1.165, 1.54) is 0 Å². The van der Waals surface area contributed by atoms with Crippen LogP contribution in [0.3, 0.4) is 0 Å². The van der Waals surface area contributed by atoms with E-state index in [9.17, 15) is 9.59 Å². The summed E-state index contributed by atoms with van der Waals surface area (Å²) in [5, 5.41) is 2.83. The van der Waals surface area contributed by atoms with Gasteiger partial charge in [0.2, 0.25) is 12.3 Å². The highest BCUT2D eigenvalue weighted by atomic mass is 16.1. The van der Waals surface area contributed by atoms with Gasteiger partial charge in [-0.1, -0.05) is 48.5 Å². The van der Waals surface area contributed by atoms with Gasteiger partial charge in [-0.25, -0.2) is 0 Å². The molecule has 0 saturated heterocycles. The van der Waals surface area contributed by atoms with Crippen LogP contribution in [0.15, 0.2) is 85.2 Å². The van der Waals surface area contributed by atoms with Crippen molar-refractivity contribution in [1.82, 2.24) is 0 Å². The van der Waals surface area contributed by atoms with Crippen LogP contribution in [0, 0.1) is 0 Å². The fraction of sp³-hybridized carbons (Fsp3) is 0.0500. The van der Waals surface area contributed by atoms with E-state index in [4.69, 9.17) is 0 Å². The lowest BCUT2D eigenvalue weighted by Crippen LogP contribution is -2.37. The van der Waals surface area contributed by atoms with E-state index in [2.05, 4.69) is 5.32 Å². The van der Waals surface area contributed by atoms with Gasteiger partial charge in [0.25, 0.3) is 5.91 Å². The van der Waals surface area contributed by atoms with Crippen molar-refractivity contribution in [1.29, 1.82) is 0 Å². The predicted octanol–water partition coefficient (Wildman–Crippen LogP) is 3.11. The molecule has 0 saturated carbocycles. The number of Topliss-reactive ketones (excluding diaryl/α,β-unsaturated/α-hetero) is 1. The van der Waals surface area contributed by atoms with Crippen molar-refractivity contribution in [3.63, 3.8) is 0 Å². The maximum absolute atomic E-state index is 12.2. The predicted molar refractivity (Wildman–Crippen MR) is 91.8 cm³/mol. The molecule has 3 aromatic rings. The molecule has 24 heavy (non-hydrogen) atoms. The van der Waals surface area contributed by atoms with Gasteiger partial charge >= 0.3 is 0 Å². The largest absolute Gasteiger partial charge is 0.322 e. The molecule has 0 spiro atoms. The molecule has 1 aromatic heterocycles. The van der Waals surface area contributed by atoms with E-state index < -0.39 is 0 Å². The Morgan fingerprint density at radius 2 is 1.29 bits per heavy atom. The van der Waals surface area contributed by atoms with Gasteiger partial charge < -0.3 is 5.32 Å². The summed E-state index contributed by atoms with van der Waals surface area (Å²) in [7, 11) is 0. The third-order valence-electron chi connectivity index (χ3n) is 3.61. The van der Waals surface area contributed by atoms with Crippen molar-refractivity contribution in [2.75, 3.05) is 5.32 Å². The number of ketones is 1. The fourth-order valence-corrected chi connectivity index (χ4v) is 2.32. The van der Waals surface area contributed by atoms with Crippen LogP contribution in [0.25, 0.3) is 0 Å². The summed E-state index contributed by atoms with van der Waals surface area (Å²) in [5.41, 5.74) is 1.98. The number of hydrogen-bond acceptors (Lipinski definition) is 2. The highest BCUT2D eigenvalue weighted by Gasteiger charge is 2.12. The summed E-state index contributed by atoms with van der Waals surface area (Å²) < 4.78 is 1.79. The van der Waals surface area contributed by atoms with E-state index >= 15 is 0 Å². The lowest BCUT2D eigenvalue weighted by molar-refractivity contribution is -0.683. The number of rotatable bonds is 5. The van der Waals surface area contributed by atoms with Crippen LogP contribution in [-0.4, -0.2) is 11.7 Å². The SMILES string of the molecule is O=C(C[n+]1ccc(NC(=O)c2ccccc2)cc1)c1ccccc1. The van der Waals surface area contributed by atoms with Crippen LogP contribution in [-0.2, 0) is 6.54 Å². The summed E-state index contributed by atoms with van der Waals surface area (Å²) in [5.74, 6) is -0.115. The van der Waals surface area contributed by atoms with Crippen LogP contribution >= 0.6 is 0 Å². The van der Waals surface area contributed by atoms with Gasteiger partial charge in [0.15, 0.2) is 12.4 Å². The summed E-state index contributed by atoms with van der Waals surface area (Å²) >= 11 is 0. The Balaban J connectivity index is 1.63. The lowest BCUT2D eigenvalue weighted by atomic mass is 10.1. The van der Waals surface area contributed by atoms with Gasteiger partial charge in [-0.3, -0.25) is 9.59 Å². The number of nitrogens with zero attached hydrogens (tertiary/aromatic N) is 1. The zero-order valence-electron chi connectivity index (χ0n) is 13.1. The number of anilines is 1. The molecule has 1 heterocycles. The van der Waals surface area contributed by atoms with E-state index in [-0.39, 0.29) is 18.2 Å². The molecule has 4 nitrogen and oxygen atoms in total. The Hall–Kier alpha value is -3.27. The maximum atomic E-state index is 12.2. The van der Waals surface area contributed by atoms with Crippen LogP contribution in [0.5, 0.6) is 0 Å². The number of nitrogens with one attached hydrogen (secondary N) is 1. The molecule has 0 aliphatic heterocycles. The van der Waals surface area contributed by atoms with Gasteiger partial charge in [-0.15, -0.1) is 0 Å². The Morgan fingerprint density at radius 1 is 0.750 bits per heavy atom. The molecule has 0 aliphatic rings. The molecular formula is C20H17N2O2+. The van der Waals surface area contributed by atoms with Crippen LogP contribution in [0.2, 0.25) is 0 Å². The number of carbonyl (C=O) groups excluding carboxylic acids is 2. The summed E-state index contributed by atoms with van der Waals surface area (Å²) in [4.78, 5) is 24.3. The first kappa shape index (κ1) is 15.6. The second-order valence-electron chi connectivity index (χ2n) is 5.37. The second-order valence-corrected chi connectivity index (χ2v) is 5.37. The van der Waals surface area contributed by atoms with E-state index in [0.29, 0.717) is 16.8 Å². The Bertz CT molecular complexity index is 756. The average molecular weight is 317 g/mol. The van der Waals surface area contributed by atoms with Crippen LogP contribution in [0.1, 0.15) is 20.7 Å². The molecule has 0 atom stereocenters. The van der Waals surface area contributed by atoms with Gasteiger partial charge in [-0.2, -0.15) is 4.57 Å². The Kier molecular flexibility index (Phi) is 4.77. The highest BCUT2D eigenvalue weighted by Crippen LogP contribution is 2.07. The molecule has 0 bridgehead atoms. The van der Waals surface area contributed by atoms with E-state index in [1.807, 2.05) is 36.4 Å². The van der Waals surface area contributed by atoms with Crippen LogP contribution in [0.4, 0.5) is 5.69 Å². The highest BCUT2D eigenvalue weighted by molar-refractivity contribution is 6.04. The minimum Gasteiger partial charge on any atom is -0.322 e. The first-order valence-corrected chi connectivity index (χ1v) is 7.66. The van der Waals surface area contributed by atoms with Crippen molar-refractivity contribution < 1.29 is 14.2 Å². The molecule has 118 valence electrons. The molecular weight excluding hydrogens is 300 g/mol. The number of aromatic nitrogens is 1. The first-order valence-electron chi connectivity index (χ1n) is 7.66. The Morgan fingerprint density at radius 3 is 1.88 bits per heavy atom. The summed E-state index contributed by atoms with van der Waals surface area (Å²) in [6.45, 7) is 0.261. The van der Waals surface area contributed by atoms with Crippen molar-refractivity contribution >= 4 is 17.4 Å².